The third-order valence-corrected chi connectivity index (χ3v) is 4.92. The van der Waals surface area contributed by atoms with Crippen molar-refractivity contribution in [2.24, 2.45) is 0 Å². The molecule has 4 nitrogen and oxygen atoms in total. The standard InChI is InChI=1S/C16H14BrClFN3OS2/c17-11-3-6-14(13(18)7-11)20-16(24)22-21-15(23)9-25-8-10-1-4-12(19)5-2-10/h1-7H,8-9H2,(H,21,23)(H2,20,22,24). The van der Waals surface area contributed by atoms with E-state index in [2.05, 4.69) is 32.1 Å². The summed E-state index contributed by atoms with van der Waals surface area (Å²) in [6.45, 7) is 0. The lowest BCUT2D eigenvalue weighted by molar-refractivity contribution is -0.119. The quantitative estimate of drug-likeness (QED) is 0.451. The van der Waals surface area contributed by atoms with Gasteiger partial charge in [0.15, 0.2) is 5.11 Å². The van der Waals surface area contributed by atoms with E-state index in [9.17, 15) is 9.18 Å². The molecule has 0 aliphatic heterocycles. The minimum atomic E-state index is -0.275. The number of carbonyl (C=O) groups is 1. The Morgan fingerprint density at radius 3 is 2.60 bits per heavy atom. The number of carbonyl (C=O) groups excluding carboxylic acids is 1. The zero-order valence-corrected chi connectivity index (χ0v) is 16.8. The van der Waals surface area contributed by atoms with Crippen molar-refractivity contribution in [2.45, 2.75) is 5.75 Å². The summed E-state index contributed by atoms with van der Waals surface area (Å²) in [6.07, 6.45) is 0. The molecule has 0 fully saturated rings. The normalized spacial score (nSPS) is 10.2. The Balaban J connectivity index is 1.68. The van der Waals surface area contributed by atoms with E-state index >= 15 is 0 Å². The van der Waals surface area contributed by atoms with Crippen LogP contribution in [0.1, 0.15) is 5.56 Å². The Bertz CT molecular complexity index is 762. The lowest BCUT2D eigenvalue weighted by atomic mass is 10.2. The predicted molar refractivity (Wildman–Crippen MR) is 109 cm³/mol. The minimum Gasteiger partial charge on any atom is -0.330 e. The van der Waals surface area contributed by atoms with Gasteiger partial charge in [-0.15, -0.1) is 11.8 Å². The van der Waals surface area contributed by atoms with E-state index in [1.165, 1.54) is 23.9 Å². The van der Waals surface area contributed by atoms with Gasteiger partial charge in [-0.1, -0.05) is 39.7 Å². The molecule has 0 spiro atoms. The number of halogens is 3. The highest BCUT2D eigenvalue weighted by Crippen LogP contribution is 2.25. The maximum Gasteiger partial charge on any atom is 0.248 e. The third kappa shape index (κ3) is 7.19. The van der Waals surface area contributed by atoms with Gasteiger partial charge in [-0.3, -0.25) is 15.6 Å². The highest BCUT2D eigenvalue weighted by molar-refractivity contribution is 9.10. The van der Waals surface area contributed by atoms with Crippen molar-refractivity contribution < 1.29 is 9.18 Å². The van der Waals surface area contributed by atoms with Crippen LogP contribution in [0, 0.1) is 5.82 Å². The van der Waals surface area contributed by atoms with Gasteiger partial charge in [-0.2, -0.15) is 0 Å². The summed E-state index contributed by atoms with van der Waals surface area (Å²) < 4.78 is 13.7. The zero-order valence-electron chi connectivity index (χ0n) is 12.8. The van der Waals surface area contributed by atoms with E-state index in [1.807, 2.05) is 6.07 Å². The summed E-state index contributed by atoms with van der Waals surface area (Å²) in [7, 11) is 0. The lowest BCUT2D eigenvalue weighted by Gasteiger charge is -2.12. The van der Waals surface area contributed by atoms with Crippen LogP contribution >= 0.6 is 51.5 Å². The maximum absolute atomic E-state index is 12.8. The Morgan fingerprint density at radius 1 is 1.20 bits per heavy atom. The first-order chi connectivity index (χ1) is 11.9. The fourth-order valence-corrected chi connectivity index (χ4v) is 3.42. The SMILES string of the molecule is O=C(CSCc1ccc(F)cc1)NNC(=S)Nc1ccc(Br)cc1Cl. The molecule has 0 atom stereocenters. The molecular formula is C16H14BrClFN3OS2. The topological polar surface area (TPSA) is 53.2 Å². The van der Waals surface area contributed by atoms with E-state index in [0.717, 1.165) is 10.0 Å². The molecule has 0 aromatic heterocycles. The Labute approximate surface area is 168 Å². The second-order valence-electron chi connectivity index (χ2n) is 4.87. The molecule has 0 saturated heterocycles. The molecule has 0 aliphatic rings. The number of hydrogen-bond donors (Lipinski definition) is 3. The van der Waals surface area contributed by atoms with Crippen molar-refractivity contribution in [3.63, 3.8) is 0 Å². The largest absolute Gasteiger partial charge is 0.330 e. The molecule has 2 rings (SSSR count). The molecule has 0 unspecified atom stereocenters. The van der Waals surface area contributed by atoms with E-state index in [-0.39, 0.29) is 22.6 Å². The summed E-state index contributed by atoms with van der Waals surface area (Å²) in [5.74, 6) is 0.359. The van der Waals surface area contributed by atoms with Crippen LogP contribution in [0.25, 0.3) is 0 Å². The fraction of sp³-hybridized carbons (Fsp3) is 0.125. The van der Waals surface area contributed by atoms with Crippen LogP contribution in [0.5, 0.6) is 0 Å². The molecule has 9 heteroatoms. The summed E-state index contributed by atoms with van der Waals surface area (Å²) in [5.41, 5.74) is 6.70. The van der Waals surface area contributed by atoms with Gasteiger partial charge in [0.05, 0.1) is 16.5 Å². The average molecular weight is 463 g/mol. The van der Waals surface area contributed by atoms with Crippen LogP contribution in [0.2, 0.25) is 5.02 Å². The molecule has 0 aliphatic carbocycles. The average Bonchev–Trinajstić information content (AvgIpc) is 2.57. The summed E-state index contributed by atoms with van der Waals surface area (Å²) in [4.78, 5) is 11.8. The van der Waals surface area contributed by atoms with Crippen LogP contribution in [-0.2, 0) is 10.5 Å². The van der Waals surface area contributed by atoms with Crippen molar-refractivity contribution in [3.05, 3.63) is 63.3 Å². The molecule has 132 valence electrons. The molecule has 0 heterocycles. The number of thioether (sulfide) groups is 1. The second kappa shape index (κ2) is 9.96. The Morgan fingerprint density at radius 2 is 1.92 bits per heavy atom. The monoisotopic (exact) mass is 461 g/mol. The van der Waals surface area contributed by atoms with Gasteiger partial charge in [0.2, 0.25) is 5.91 Å². The van der Waals surface area contributed by atoms with Gasteiger partial charge < -0.3 is 5.32 Å². The molecule has 2 aromatic rings. The van der Waals surface area contributed by atoms with E-state index in [0.29, 0.717) is 16.5 Å². The van der Waals surface area contributed by atoms with Crippen LogP contribution in [0.4, 0.5) is 10.1 Å². The first-order valence-corrected chi connectivity index (χ1v) is 9.80. The number of hydrogen-bond acceptors (Lipinski definition) is 3. The highest BCUT2D eigenvalue weighted by atomic mass is 79.9. The number of anilines is 1. The second-order valence-corrected chi connectivity index (χ2v) is 7.59. The molecule has 25 heavy (non-hydrogen) atoms. The van der Waals surface area contributed by atoms with Crippen LogP contribution in [-0.4, -0.2) is 16.8 Å². The van der Waals surface area contributed by atoms with Gasteiger partial charge in [0.25, 0.3) is 0 Å². The maximum atomic E-state index is 12.8. The number of benzene rings is 2. The summed E-state index contributed by atoms with van der Waals surface area (Å²) in [5, 5.41) is 3.61. The van der Waals surface area contributed by atoms with Crippen molar-refractivity contribution in [1.82, 2.24) is 10.9 Å². The van der Waals surface area contributed by atoms with Crippen LogP contribution in [0.3, 0.4) is 0 Å². The lowest BCUT2D eigenvalue weighted by Crippen LogP contribution is -2.44. The van der Waals surface area contributed by atoms with Crippen molar-refractivity contribution >= 4 is 68.2 Å². The molecule has 0 radical (unpaired) electrons. The van der Waals surface area contributed by atoms with Gasteiger partial charge in [0, 0.05) is 10.2 Å². The summed E-state index contributed by atoms with van der Waals surface area (Å²) in [6, 6.07) is 11.5. The summed E-state index contributed by atoms with van der Waals surface area (Å²) >= 11 is 15.9. The smallest absolute Gasteiger partial charge is 0.248 e. The number of amides is 1. The first kappa shape index (κ1) is 20.0. The first-order valence-electron chi connectivity index (χ1n) is 7.07. The molecular weight excluding hydrogens is 449 g/mol. The third-order valence-electron chi connectivity index (χ3n) is 2.91. The van der Waals surface area contributed by atoms with E-state index < -0.39 is 0 Å². The molecule has 0 bridgehead atoms. The van der Waals surface area contributed by atoms with E-state index in [4.69, 9.17) is 23.8 Å². The number of rotatable bonds is 5. The molecule has 0 saturated carbocycles. The minimum absolute atomic E-state index is 0.223. The van der Waals surface area contributed by atoms with Gasteiger partial charge in [-0.25, -0.2) is 4.39 Å². The molecule has 3 N–H and O–H groups in total. The number of thiocarbonyl (C=S) groups is 1. The Hall–Kier alpha value is -1.35. The fourth-order valence-electron chi connectivity index (χ4n) is 1.75. The van der Waals surface area contributed by atoms with Crippen molar-refractivity contribution in [1.29, 1.82) is 0 Å². The van der Waals surface area contributed by atoms with Crippen molar-refractivity contribution in [2.75, 3.05) is 11.1 Å². The highest BCUT2D eigenvalue weighted by Gasteiger charge is 2.06. The van der Waals surface area contributed by atoms with Gasteiger partial charge >= 0.3 is 0 Å². The van der Waals surface area contributed by atoms with Crippen LogP contribution in [0.15, 0.2) is 46.9 Å². The zero-order chi connectivity index (χ0) is 18.2. The van der Waals surface area contributed by atoms with E-state index in [1.54, 1.807) is 24.3 Å². The molecule has 1 amide bonds. The van der Waals surface area contributed by atoms with Crippen molar-refractivity contribution in [3.8, 4) is 0 Å². The number of nitrogens with one attached hydrogen (secondary N) is 3. The van der Waals surface area contributed by atoms with Gasteiger partial charge in [0.1, 0.15) is 5.82 Å². The molecule has 2 aromatic carbocycles. The Kier molecular flexibility index (Phi) is 7.95. The van der Waals surface area contributed by atoms with Crippen LogP contribution < -0.4 is 16.2 Å². The predicted octanol–water partition coefficient (Wildman–Crippen LogP) is 4.49. The number of hydrazine groups is 1. The van der Waals surface area contributed by atoms with Gasteiger partial charge in [-0.05, 0) is 48.1 Å².